The summed E-state index contributed by atoms with van der Waals surface area (Å²) in [5, 5.41) is 4.39. The van der Waals surface area contributed by atoms with Crippen LogP contribution in [0.1, 0.15) is 18.2 Å². The fraction of sp³-hybridized carbons (Fsp3) is 0.786. The predicted molar refractivity (Wildman–Crippen MR) is 87.3 cm³/mol. The molecule has 21 heavy (non-hydrogen) atoms. The zero-order valence-electron chi connectivity index (χ0n) is 13.1. The smallest absolute Gasteiger partial charge is 0.0695 e. The van der Waals surface area contributed by atoms with Gasteiger partial charge in [0, 0.05) is 38.8 Å². The number of piperazine rings is 1. The van der Waals surface area contributed by atoms with Crippen molar-refractivity contribution in [2.75, 3.05) is 47.4 Å². The Kier molecular flexibility index (Phi) is 6.19. The molecule has 7 heteroatoms. The molecule has 1 aromatic rings. The molecular formula is C14H26BrN5O. The van der Waals surface area contributed by atoms with E-state index in [-0.39, 0.29) is 6.04 Å². The van der Waals surface area contributed by atoms with Crippen molar-refractivity contribution < 1.29 is 4.74 Å². The molecule has 0 amide bonds. The van der Waals surface area contributed by atoms with E-state index in [2.05, 4.69) is 44.9 Å². The number of rotatable bonds is 6. The Balaban J connectivity index is 2.05. The van der Waals surface area contributed by atoms with E-state index in [1.807, 2.05) is 10.9 Å². The number of nitrogens with zero attached hydrogens (tertiary/aromatic N) is 4. The van der Waals surface area contributed by atoms with Gasteiger partial charge in [0.05, 0.1) is 29.5 Å². The standard InChI is InChI=1S/C14H26BrN5O/c1-18-4-5-19(2)11(10-18)8-13(16)14-12(15)9-17-20(14)6-7-21-3/h9,11,13H,4-8,10,16H2,1-3H3. The van der Waals surface area contributed by atoms with Crippen molar-refractivity contribution in [3.63, 3.8) is 0 Å². The zero-order valence-corrected chi connectivity index (χ0v) is 14.7. The van der Waals surface area contributed by atoms with E-state index in [0.29, 0.717) is 12.6 Å². The van der Waals surface area contributed by atoms with Gasteiger partial charge in [-0.2, -0.15) is 5.10 Å². The highest BCUT2D eigenvalue weighted by atomic mass is 79.9. The molecule has 120 valence electrons. The van der Waals surface area contributed by atoms with Crippen molar-refractivity contribution in [2.45, 2.75) is 25.0 Å². The summed E-state index contributed by atoms with van der Waals surface area (Å²) in [7, 11) is 6.05. The van der Waals surface area contributed by atoms with E-state index >= 15 is 0 Å². The highest BCUT2D eigenvalue weighted by Crippen LogP contribution is 2.26. The van der Waals surface area contributed by atoms with Crippen molar-refractivity contribution in [3.8, 4) is 0 Å². The van der Waals surface area contributed by atoms with E-state index in [4.69, 9.17) is 10.5 Å². The van der Waals surface area contributed by atoms with Gasteiger partial charge < -0.3 is 20.3 Å². The lowest BCUT2D eigenvalue weighted by Gasteiger charge is -2.38. The van der Waals surface area contributed by atoms with Gasteiger partial charge in [0.15, 0.2) is 0 Å². The fourth-order valence-corrected chi connectivity index (χ4v) is 3.45. The van der Waals surface area contributed by atoms with Crippen molar-refractivity contribution in [2.24, 2.45) is 5.73 Å². The van der Waals surface area contributed by atoms with Gasteiger partial charge in [-0.05, 0) is 36.4 Å². The van der Waals surface area contributed by atoms with Gasteiger partial charge in [-0.15, -0.1) is 0 Å². The fourth-order valence-electron chi connectivity index (χ4n) is 2.86. The Morgan fingerprint density at radius 3 is 2.95 bits per heavy atom. The van der Waals surface area contributed by atoms with Crippen LogP contribution in [-0.2, 0) is 11.3 Å². The average Bonchev–Trinajstić information content (AvgIpc) is 2.81. The second-order valence-corrected chi connectivity index (χ2v) is 6.69. The first-order valence-electron chi connectivity index (χ1n) is 7.37. The van der Waals surface area contributed by atoms with Gasteiger partial charge in [0.25, 0.3) is 0 Å². The van der Waals surface area contributed by atoms with Crippen molar-refractivity contribution in [3.05, 3.63) is 16.4 Å². The largest absolute Gasteiger partial charge is 0.383 e. The average molecular weight is 360 g/mol. The molecule has 6 nitrogen and oxygen atoms in total. The van der Waals surface area contributed by atoms with Crippen LogP contribution in [0.4, 0.5) is 0 Å². The maximum atomic E-state index is 6.47. The molecule has 1 aromatic heterocycles. The van der Waals surface area contributed by atoms with Crippen LogP contribution >= 0.6 is 15.9 Å². The number of nitrogens with two attached hydrogens (primary N) is 1. The van der Waals surface area contributed by atoms with E-state index in [1.54, 1.807) is 7.11 Å². The maximum absolute atomic E-state index is 6.47. The molecule has 2 unspecified atom stereocenters. The summed E-state index contributed by atoms with van der Waals surface area (Å²) in [6, 6.07) is 0.453. The molecule has 0 saturated carbocycles. The van der Waals surface area contributed by atoms with E-state index < -0.39 is 0 Å². The van der Waals surface area contributed by atoms with E-state index in [0.717, 1.165) is 42.8 Å². The maximum Gasteiger partial charge on any atom is 0.0695 e. The molecule has 2 N–H and O–H groups in total. The van der Waals surface area contributed by atoms with Crippen molar-refractivity contribution >= 4 is 15.9 Å². The number of likely N-dealkylation sites (N-methyl/N-ethyl adjacent to an activating group) is 2. The summed E-state index contributed by atoms with van der Waals surface area (Å²) in [6.07, 6.45) is 2.75. The lowest BCUT2D eigenvalue weighted by molar-refractivity contribution is 0.103. The molecule has 0 spiro atoms. The summed E-state index contributed by atoms with van der Waals surface area (Å²) in [5.41, 5.74) is 7.54. The van der Waals surface area contributed by atoms with Gasteiger partial charge in [0.1, 0.15) is 0 Å². The predicted octanol–water partition coefficient (Wildman–Crippen LogP) is 0.928. The number of aromatic nitrogens is 2. The van der Waals surface area contributed by atoms with Gasteiger partial charge in [0.2, 0.25) is 0 Å². The quantitative estimate of drug-likeness (QED) is 0.818. The Bertz CT molecular complexity index is 453. The summed E-state index contributed by atoms with van der Waals surface area (Å²) in [6.45, 7) is 4.65. The molecule has 1 aliphatic heterocycles. The van der Waals surface area contributed by atoms with Crippen LogP contribution in [0, 0.1) is 0 Å². The minimum Gasteiger partial charge on any atom is -0.383 e. The third-order valence-electron chi connectivity index (χ3n) is 4.20. The molecule has 2 atom stereocenters. The van der Waals surface area contributed by atoms with Crippen LogP contribution in [0.3, 0.4) is 0 Å². The minimum atomic E-state index is -0.0299. The van der Waals surface area contributed by atoms with Crippen LogP contribution < -0.4 is 5.73 Å². The van der Waals surface area contributed by atoms with Crippen LogP contribution in [0.5, 0.6) is 0 Å². The second kappa shape index (κ2) is 7.69. The Morgan fingerprint density at radius 1 is 1.48 bits per heavy atom. The van der Waals surface area contributed by atoms with Gasteiger partial charge in [-0.3, -0.25) is 4.68 Å². The molecule has 0 bridgehead atoms. The van der Waals surface area contributed by atoms with Crippen molar-refractivity contribution in [1.82, 2.24) is 19.6 Å². The normalized spacial score (nSPS) is 22.6. The Morgan fingerprint density at radius 2 is 2.24 bits per heavy atom. The summed E-state index contributed by atoms with van der Waals surface area (Å²) in [5.74, 6) is 0. The Hall–Kier alpha value is -0.470. The first-order valence-corrected chi connectivity index (χ1v) is 8.16. The topological polar surface area (TPSA) is 59.6 Å². The molecule has 0 aromatic carbocycles. The van der Waals surface area contributed by atoms with E-state index in [1.165, 1.54) is 0 Å². The molecule has 1 aliphatic rings. The van der Waals surface area contributed by atoms with Crippen LogP contribution in [-0.4, -0.2) is 73.1 Å². The highest BCUT2D eigenvalue weighted by molar-refractivity contribution is 9.10. The molecule has 0 aliphatic carbocycles. The number of hydrogen-bond acceptors (Lipinski definition) is 5. The zero-order chi connectivity index (χ0) is 15.4. The third kappa shape index (κ3) is 4.26. The summed E-state index contributed by atoms with van der Waals surface area (Å²) in [4.78, 5) is 4.78. The monoisotopic (exact) mass is 359 g/mol. The van der Waals surface area contributed by atoms with Crippen LogP contribution in [0.25, 0.3) is 0 Å². The molecule has 1 saturated heterocycles. The molecular weight excluding hydrogens is 334 g/mol. The number of methoxy groups -OCH3 is 1. The minimum absolute atomic E-state index is 0.0299. The molecule has 2 rings (SSSR count). The first-order chi connectivity index (χ1) is 10.0. The number of halogens is 1. The van der Waals surface area contributed by atoms with Crippen LogP contribution in [0.2, 0.25) is 0 Å². The molecule has 0 radical (unpaired) electrons. The van der Waals surface area contributed by atoms with Gasteiger partial charge in [-0.25, -0.2) is 0 Å². The first kappa shape index (κ1) is 16.9. The number of ether oxygens (including phenoxy) is 1. The Labute approximate surface area is 135 Å². The second-order valence-electron chi connectivity index (χ2n) is 5.83. The van der Waals surface area contributed by atoms with Crippen molar-refractivity contribution in [1.29, 1.82) is 0 Å². The molecule has 1 fully saturated rings. The van der Waals surface area contributed by atoms with Crippen LogP contribution in [0.15, 0.2) is 10.7 Å². The van der Waals surface area contributed by atoms with Gasteiger partial charge >= 0.3 is 0 Å². The van der Waals surface area contributed by atoms with Gasteiger partial charge in [-0.1, -0.05) is 0 Å². The molecule has 2 heterocycles. The highest BCUT2D eigenvalue weighted by Gasteiger charge is 2.26. The third-order valence-corrected chi connectivity index (χ3v) is 4.81. The summed E-state index contributed by atoms with van der Waals surface area (Å²) >= 11 is 3.57. The lowest BCUT2D eigenvalue weighted by atomic mass is 10.0. The van der Waals surface area contributed by atoms with E-state index in [9.17, 15) is 0 Å². The summed E-state index contributed by atoms with van der Waals surface area (Å²) < 4.78 is 8.07. The number of hydrogen-bond donors (Lipinski definition) is 1. The SMILES string of the molecule is COCCn1ncc(Br)c1C(N)CC1CN(C)CCN1C. The lowest BCUT2D eigenvalue weighted by Crippen LogP contribution is -2.50.